The van der Waals surface area contributed by atoms with E-state index in [2.05, 4.69) is 43.2 Å². The molecule has 0 unspecified atom stereocenters. The average molecular weight is 310 g/mol. The summed E-state index contributed by atoms with van der Waals surface area (Å²) in [6.45, 7) is 4.72. The third kappa shape index (κ3) is 3.08. The van der Waals surface area contributed by atoms with Crippen LogP contribution in [0.4, 0.5) is 0 Å². The highest BCUT2D eigenvalue weighted by Gasteiger charge is 2.17. The quantitative estimate of drug-likeness (QED) is 0.750. The van der Waals surface area contributed by atoms with Crippen LogP contribution >= 0.6 is 0 Å². The molecular weight excluding hydrogens is 288 g/mol. The van der Waals surface area contributed by atoms with Crippen LogP contribution < -0.4 is 4.74 Å². The molecule has 2 aromatic carbocycles. The molecule has 0 saturated carbocycles. The van der Waals surface area contributed by atoms with Gasteiger partial charge in [0, 0.05) is 0 Å². The molecule has 1 N–H and O–H groups in total. The van der Waals surface area contributed by atoms with Crippen molar-refractivity contribution in [2.75, 3.05) is 6.61 Å². The highest BCUT2D eigenvalue weighted by Crippen LogP contribution is 2.32. The molecule has 1 aromatic heterocycles. The minimum Gasteiger partial charge on any atom is -0.453 e. The fourth-order valence-electron chi connectivity index (χ4n) is 2.86. The minimum atomic E-state index is 0.0766. The number of benzene rings is 2. The Bertz CT molecular complexity index is 808. The van der Waals surface area contributed by atoms with Crippen LogP contribution in [-0.2, 0) is 19.4 Å². The lowest BCUT2D eigenvalue weighted by Crippen LogP contribution is -2.07. The van der Waals surface area contributed by atoms with E-state index in [0.29, 0.717) is 6.54 Å². The maximum atomic E-state index is 9.22. The number of hydrogen-bond acceptors (Lipinski definition) is 3. The summed E-state index contributed by atoms with van der Waals surface area (Å²) < 4.78 is 8.05. The average Bonchev–Trinajstić information content (AvgIpc) is 2.91. The van der Waals surface area contributed by atoms with E-state index < -0.39 is 0 Å². The topological polar surface area (TPSA) is 47.3 Å². The molecule has 120 valence electrons. The summed E-state index contributed by atoms with van der Waals surface area (Å²) in [5, 5.41) is 16.2. The number of aromatic nitrogens is 2. The van der Waals surface area contributed by atoms with Crippen LogP contribution in [-0.4, -0.2) is 21.5 Å². The van der Waals surface area contributed by atoms with Gasteiger partial charge < -0.3 is 9.84 Å². The van der Waals surface area contributed by atoms with Crippen molar-refractivity contribution >= 4 is 10.8 Å². The molecule has 4 heteroatoms. The van der Waals surface area contributed by atoms with Gasteiger partial charge in [0.2, 0.25) is 0 Å². The van der Waals surface area contributed by atoms with Gasteiger partial charge >= 0.3 is 0 Å². The number of nitrogens with zero attached hydrogens (tertiary/aromatic N) is 2. The second kappa shape index (κ2) is 6.84. The number of fused-ring (bicyclic) bond motifs is 1. The van der Waals surface area contributed by atoms with Crippen LogP contribution in [0.25, 0.3) is 10.8 Å². The number of hydrogen-bond donors (Lipinski definition) is 1. The third-order valence-corrected chi connectivity index (χ3v) is 4.00. The van der Waals surface area contributed by atoms with E-state index in [1.54, 1.807) is 0 Å². The van der Waals surface area contributed by atoms with Crippen LogP contribution in [0, 0.1) is 0 Å². The Morgan fingerprint density at radius 2 is 1.83 bits per heavy atom. The van der Waals surface area contributed by atoms with E-state index in [-0.39, 0.29) is 6.61 Å². The summed E-state index contributed by atoms with van der Waals surface area (Å²) in [6.07, 6.45) is 1.62. The van der Waals surface area contributed by atoms with Crippen molar-refractivity contribution in [1.29, 1.82) is 0 Å². The molecule has 0 amide bonds. The normalized spacial score (nSPS) is 11.1. The Morgan fingerprint density at radius 1 is 1.04 bits per heavy atom. The zero-order valence-corrected chi connectivity index (χ0v) is 13.6. The smallest absolute Gasteiger partial charge is 0.171 e. The van der Waals surface area contributed by atoms with Gasteiger partial charge in [-0.15, -0.1) is 0 Å². The van der Waals surface area contributed by atoms with Crippen LogP contribution in [0.2, 0.25) is 0 Å². The fraction of sp³-hybridized carbons (Fsp3) is 0.316. The lowest BCUT2D eigenvalue weighted by molar-refractivity contribution is 0.267. The first-order chi connectivity index (χ1) is 11.3. The number of aryl methyl sites for hydroxylation is 1. The van der Waals surface area contributed by atoms with E-state index in [1.807, 2.05) is 22.9 Å². The monoisotopic (exact) mass is 310 g/mol. The maximum Gasteiger partial charge on any atom is 0.171 e. The van der Waals surface area contributed by atoms with Crippen molar-refractivity contribution in [3.05, 3.63) is 53.9 Å². The molecule has 0 saturated heterocycles. The third-order valence-electron chi connectivity index (χ3n) is 4.00. The molecule has 4 nitrogen and oxygen atoms in total. The SMILES string of the molecule is CCc1nn(CCO)c(CC)c1Oc1ccc2ccccc2c1. The van der Waals surface area contributed by atoms with Gasteiger partial charge in [0.15, 0.2) is 5.75 Å². The van der Waals surface area contributed by atoms with Crippen molar-refractivity contribution in [1.82, 2.24) is 9.78 Å². The summed E-state index contributed by atoms with van der Waals surface area (Å²) in [5.41, 5.74) is 1.97. The van der Waals surface area contributed by atoms with Crippen molar-refractivity contribution in [3.8, 4) is 11.5 Å². The van der Waals surface area contributed by atoms with Gasteiger partial charge in [-0.2, -0.15) is 5.10 Å². The Balaban J connectivity index is 1.99. The molecule has 0 bridgehead atoms. The zero-order chi connectivity index (χ0) is 16.2. The Hall–Kier alpha value is -2.33. The summed E-state index contributed by atoms with van der Waals surface area (Å²) in [7, 11) is 0. The van der Waals surface area contributed by atoms with Gasteiger partial charge in [-0.3, -0.25) is 4.68 Å². The Labute approximate surface area is 136 Å². The lowest BCUT2D eigenvalue weighted by atomic mass is 10.1. The highest BCUT2D eigenvalue weighted by molar-refractivity contribution is 5.83. The Kier molecular flexibility index (Phi) is 4.63. The summed E-state index contributed by atoms with van der Waals surface area (Å²) >= 11 is 0. The van der Waals surface area contributed by atoms with Crippen LogP contribution in [0.5, 0.6) is 11.5 Å². The molecule has 0 aliphatic carbocycles. The van der Waals surface area contributed by atoms with Crippen molar-refractivity contribution in [3.63, 3.8) is 0 Å². The number of rotatable bonds is 6. The largest absolute Gasteiger partial charge is 0.453 e. The molecule has 3 rings (SSSR count). The Morgan fingerprint density at radius 3 is 2.52 bits per heavy atom. The molecule has 0 fully saturated rings. The van der Waals surface area contributed by atoms with E-state index in [0.717, 1.165) is 41.1 Å². The van der Waals surface area contributed by atoms with Gasteiger partial charge in [0.1, 0.15) is 11.4 Å². The second-order valence-electron chi connectivity index (χ2n) is 5.49. The molecule has 3 aromatic rings. The minimum absolute atomic E-state index is 0.0766. The van der Waals surface area contributed by atoms with Crippen LogP contribution in [0.3, 0.4) is 0 Å². The molecule has 0 aliphatic heterocycles. The van der Waals surface area contributed by atoms with Gasteiger partial charge in [0.05, 0.1) is 18.8 Å². The molecule has 23 heavy (non-hydrogen) atoms. The van der Waals surface area contributed by atoms with Gasteiger partial charge in [-0.25, -0.2) is 0 Å². The van der Waals surface area contributed by atoms with Crippen molar-refractivity contribution in [2.24, 2.45) is 0 Å². The summed E-state index contributed by atoms with van der Waals surface area (Å²) in [6, 6.07) is 14.3. The van der Waals surface area contributed by atoms with Crippen molar-refractivity contribution < 1.29 is 9.84 Å². The lowest BCUT2D eigenvalue weighted by Gasteiger charge is -2.09. The number of aliphatic hydroxyl groups excluding tert-OH is 1. The maximum absolute atomic E-state index is 9.22. The van der Waals surface area contributed by atoms with Crippen LogP contribution in [0.1, 0.15) is 25.2 Å². The van der Waals surface area contributed by atoms with Gasteiger partial charge in [-0.05, 0) is 35.7 Å². The van der Waals surface area contributed by atoms with E-state index in [9.17, 15) is 5.11 Å². The van der Waals surface area contributed by atoms with E-state index >= 15 is 0 Å². The molecule has 0 spiro atoms. The number of aliphatic hydroxyl groups is 1. The molecular formula is C19H22N2O2. The second-order valence-corrected chi connectivity index (χ2v) is 5.49. The predicted molar refractivity (Wildman–Crippen MR) is 92.1 cm³/mol. The molecule has 1 heterocycles. The molecule has 0 aliphatic rings. The fourth-order valence-corrected chi connectivity index (χ4v) is 2.86. The zero-order valence-electron chi connectivity index (χ0n) is 13.6. The van der Waals surface area contributed by atoms with E-state index in [4.69, 9.17) is 4.74 Å². The predicted octanol–water partition coefficient (Wildman–Crippen LogP) is 3.95. The first-order valence-corrected chi connectivity index (χ1v) is 8.12. The molecule has 0 radical (unpaired) electrons. The number of ether oxygens (including phenoxy) is 1. The highest BCUT2D eigenvalue weighted by atomic mass is 16.5. The first kappa shape index (κ1) is 15.6. The van der Waals surface area contributed by atoms with Crippen LogP contribution in [0.15, 0.2) is 42.5 Å². The van der Waals surface area contributed by atoms with E-state index in [1.165, 1.54) is 5.39 Å². The van der Waals surface area contributed by atoms with Crippen molar-refractivity contribution in [2.45, 2.75) is 33.2 Å². The first-order valence-electron chi connectivity index (χ1n) is 8.12. The van der Waals surface area contributed by atoms with Gasteiger partial charge in [0.25, 0.3) is 0 Å². The standard InChI is InChI=1S/C19H22N2O2/c1-3-17-19(18(4-2)21(20-17)11-12-22)23-16-10-9-14-7-5-6-8-15(14)13-16/h5-10,13,22H,3-4,11-12H2,1-2H3. The summed E-state index contributed by atoms with van der Waals surface area (Å²) in [5.74, 6) is 1.65. The summed E-state index contributed by atoms with van der Waals surface area (Å²) in [4.78, 5) is 0. The van der Waals surface area contributed by atoms with Gasteiger partial charge in [-0.1, -0.05) is 44.2 Å². The molecule has 0 atom stereocenters.